The van der Waals surface area contributed by atoms with E-state index in [0.717, 1.165) is 32.0 Å². The van der Waals surface area contributed by atoms with E-state index in [4.69, 9.17) is 10.1 Å². The number of rotatable bonds is 4. The van der Waals surface area contributed by atoms with Crippen LogP contribution in [0.4, 0.5) is 5.82 Å². The summed E-state index contributed by atoms with van der Waals surface area (Å²) in [6, 6.07) is 5.85. The first-order valence-electron chi connectivity index (χ1n) is 6.94. The molecule has 1 atom stereocenters. The maximum absolute atomic E-state index is 8.12. The van der Waals surface area contributed by atoms with E-state index in [1.165, 1.54) is 0 Å². The Balaban J connectivity index is 2.29. The summed E-state index contributed by atoms with van der Waals surface area (Å²) < 4.78 is 7.63. The van der Waals surface area contributed by atoms with Crippen molar-refractivity contribution in [3.63, 3.8) is 0 Å². The molecule has 19 heavy (non-hydrogen) atoms. The third-order valence-electron chi connectivity index (χ3n) is 3.60. The Kier molecular flexibility index (Phi) is 4.61. The van der Waals surface area contributed by atoms with E-state index in [0.29, 0.717) is 12.1 Å². The molecule has 0 bridgehead atoms. The van der Waals surface area contributed by atoms with E-state index in [2.05, 4.69) is 22.9 Å². The van der Waals surface area contributed by atoms with Gasteiger partial charge in [-0.15, -0.1) is 0 Å². The molecule has 2 heterocycles. The van der Waals surface area contributed by atoms with Gasteiger partial charge in [0.25, 0.3) is 0 Å². The summed E-state index contributed by atoms with van der Waals surface area (Å²) in [5.41, 5.74) is 0.498. The standard InChI is InChI=1S/C14H24N4O/c1-4-19-12(2)18-13(15)6-5-7-14(18)17-10-8-16(3)9-11-17/h5-7,12,15H,4,8-11H2,1-3H3. The van der Waals surface area contributed by atoms with Crippen LogP contribution in [0.25, 0.3) is 0 Å². The predicted molar refractivity (Wildman–Crippen MR) is 76.3 cm³/mol. The lowest BCUT2D eigenvalue weighted by molar-refractivity contribution is 0.0222. The van der Waals surface area contributed by atoms with Gasteiger partial charge in [-0.05, 0) is 33.0 Å². The molecule has 1 aromatic heterocycles. The van der Waals surface area contributed by atoms with Crippen molar-refractivity contribution in [2.75, 3.05) is 44.7 Å². The molecule has 0 saturated carbocycles. The minimum absolute atomic E-state index is 0.103. The van der Waals surface area contributed by atoms with Gasteiger partial charge in [-0.3, -0.25) is 9.98 Å². The molecule has 5 nitrogen and oxygen atoms in total. The number of nitrogens with zero attached hydrogens (tertiary/aromatic N) is 3. The lowest BCUT2D eigenvalue weighted by Gasteiger charge is -2.36. The highest BCUT2D eigenvalue weighted by Crippen LogP contribution is 2.19. The van der Waals surface area contributed by atoms with Crippen LogP contribution in [-0.4, -0.2) is 49.3 Å². The van der Waals surface area contributed by atoms with Gasteiger partial charge in [0, 0.05) is 32.8 Å². The Morgan fingerprint density at radius 1 is 1.26 bits per heavy atom. The third-order valence-corrected chi connectivity index (χ3v) is 3.60. The molecule has 1 saturated heterocycles. The van der Waals surface area contributed by atoms with Crippen LogP contribution >= 0.6 is 0 Å². The molecule has 0 radical (unpaired) electrons. The number of likely N-dealkylation sites (N-methyl/N-ethyl adjacent to an activating group) is 1. The Morgan fingerprint density at radius 3 is 2.58 bits per heavy atom. The zero-order valence-corrected chi connectivity index (χ0v) is 12.1. The van der Waals surface area contributed by atoms with Gasteiger partial charge >= 0.3 is 0 Å². The molecule has 1 unspecified atom stereocenters. The van der Waals surface area contributed by atoms with Crippen LogP contribution in [0.1, 0.15) is 20.1 Å². The van der Waals surface area contributed by atoms with Crippen molar-refractivity contribution in [3.05, 3.63) is 23.7 Å². The molecule has 1 fully saturated rings. The maximum Gasteiger partial charge on any atom is 0.134 e. The monoisotopic (exact) mass is 264 g/mol. The van der Waals surface area contributed by atoms with E-state index in [1.54, 1.807) is 0 Å². The van der Waals surface area contributed by atoms with Gasteiger partial charge in [0.05, 0.1) is 0 Å². The molecule has 0 aliphatic carbocycles. The first-order chi connectivity index (χ1) is 9.13. The number of nitrogens with one attached hydrogen (secondary N) is 1. The number of anilines is 1. The molecule has 106 valence electrons. The van der Waals surface area contributed by atoms with E-state index in [1.807, 2.05) is 30.5 Å². The van der Waals surface area contributed by atoms with Crippen molar-refractivity contribution in [1.29, 1.82) is 5.41 Å². The fourth-order valence-electron chi connectivity index (χ4n) is 2.50. The van der Waals surface area contributed by atoms with E-state index in [9.17, 15) is 0 Å². The van der Waals surface area contributed by atoms with Crippen LogP contribution in [-0.2, 0) is 4.74 Å². The summed E-state index contributed by atoms with van der Waals surface area (Å²) in [7, 11) is 2.15. The number of hydrogen-bond donors (Lipinski definition) is 1. The normalized spacial score (nSPS) is 18.6. The second-order valence-corrected chi connectivity index (χ2v) is 4.98. The number of hydrogen-bond acceptors (Lipinski definition) is 4. The minimum atomic E-state index is -0.103. The van der Waals surface area contributed by atoms with Crippen LogP contribution in [0.5, 0.6) is 0 Å². The Bertz CT molecular complexity index is 463. The highest BCUT2D eigenvalue weighted by Gasteiger charge is 2.19. The minimum Gasteiger partial charge on any atom is -0.358 e. The van der Waals surface area contributed by atoms with E-state index in [-0.39, 0.29) is 6.23 Å². The average molecular weight is 264 g/mol. The smallest absolute Gasteiger partial charge is 0.134 e. The van der Waals surface area contributed by atoms with Crippen LogP contribution in [0, 0.1) is 5.41 Å². The molecular formula is C14H24N4O. The summed E-state index contributed by atoms with van der Waals surface area (Å²) in [6.45, 7) is 8.76. The molecule has 2 rings (SSSR count). The lowest BCUT2D eigenvalue weighted by atomic mass is 10.3. The average Bonchev–Trinajstić information content (AvgIpc) is 2.39. The van der Waals surface area contributed by atoms with Gasteiger partial charge in [0.15, 0.2) is 0 Å². The second-order valence-electron chi connectivity index (χ2n) is 4.98. The molecule has 0 aromatic carbocycles. The van der Waals surface area contributed by atoms with Crippen LogP contribution in [0.15, 0.2) is 18.2 Å². The Morgan fingerprint density at radius 2 is 1.95 bits per heavy atom. The zero-order valence-electron chi connectivity index (χ0n) is 12.1. The first-order valence-corrected chi connectivity index (χ1v) is 6.94. The van der Waals surface area contributed by atoms with Crippen molar-refractivity contribution < 1.29 is 4.74 Å². The summed E-state index contributed by atoms with van der Waals surface area (Å²) in [5.74, 6) is 1.08. The molecule has 1 aliphatic heterocycles. The number of aromatic nitrogens is 1. The predicted octanol–water partition coefficient (Wildman–Crippen LogP) is 1.27. The van der Waals surface area contributed by atoms with Crippen molar-refractivity contribution >= 4 is 5.82 Å². The topological polar surface area (TPSA) is 44.5 Å². The van der Waals surface area contributed by atoms with Gasteiger partial charge in [0.2, 0.25) is 0 Å². The first kappa shape index (κ1) is 14.1. The van der Waals surface area contributed by atoms with Crippen molar-refractivity contribution in [3.8, 4) is 0 Å². The van der Waals surface area contributed by atoms with Crippen LogP contribution in [0.2, 0.25) is 0 Å². The quantitative estimate of drug-likeness (QED) is 0.891. The largest absolute Gasteiger partial charge is 0.358 e. The van der Waals surface area contributed by atoms with Gasteiger partial charge in [0.1, 0.15) is 17.5 Å². The Labute approximate surface area is 114 Å². The van der Waals surface area contributed by atoms with E-state index < -0.39 is 0 Å². The summed E-state index contributed by atoms with van der Waals surface area (Å²) in [4.78, 5) is 4.67. The van der Waals surface area contributed by atoms with Gasteiger partial charge in [-0.1, -0.05) is 6.07 Å². The fraction of sp³-hybridized carbons (Fsp3) is 0.643. The summed E-state index contributed by atoms with van der Waals surface area (Å²) in [5, 5.41) is 8.12. The highest BCUT2D eigenvalue weighted by atomic mass is 16.5. The van der Waals surface area contributed by atoms with Crippen molar-refractivity contribution in [1.82, 2.24) is 9.47 Å². The maximum atomic E-state index is 8.12. The van der Waals surface area contributed by atoms with Gasteiger partial charge in [-0.2, -0.15) is 0 Å². The fourth-order valence-corrected chi connectivity index (χ4v) is 2.50. The SMILES string of the molecule is CCOC(C)n1c(N2CCN(C)CC2)cccc1=N. The number of ether oxygens (including phenoxy) is 1. The lowest BCUT2D eigenvalue weighted by Crippen LogP contribution is -2.46. The second kappa shape index (κ2) is 6.21. The number of piperazine rings is 1. The molecule has 0 amide bonds. The van der Waals surface area contributed by atoms with Crippen molar-refractivity contribution in [2.24, 2.45) is 0 Å². The van der Waals surface area contributed by atoms with Crippen LogP contribution < -0.4 is 10.4 Å². The molecule has 1 aromatic rings. The van der Waals surface area contributed by atoms with Gasteiger partial charge in [-0.25, -0.2) is 0 Å². The number of pyridine rings is 1. The molecule has 1 aliphatic rings. The van der Waals surface area contributed by atoms with Crippen LogP contribution in [0.3, 0.4) is 0 Å². The summed E-state index contributed by atoms with van der Waals surface area (Å²) >= 11 is 0. The third kappa shape index (κ3) is 3.16. The molecule has 0 spiro atoms. The molecule has 1 N–H and O–H groups in total. The van der Waals surface area contributed by atoms with E-state index >= 15 is 0 Å². The zero-order chi connectivity index (χ0) is 13.8. The Hall–Kier alpha value is -1.33. The highest BCUT2D eigenvalue weighted by molar-refractivity contribution is 5.40. The van der Waals surface area contributed by atoms with Crippen molar-refractivity contribution in [2.45, 2.75) is 20.1 Å². The summed E-state index contributed by atoms with van der Waals surface area (Å²) in [6.07, 6.45) is -0.103. The molecular weight excluding hydrogens is 240 g/mol. The molecule has 5 heteroatoms. The van der Waals surface area contributed by atoms with Gasteiger partial charge < -0.3 is 14.5 Å².